The Morgan fingerprint density at radius 2 is 1.83 bits per heavy atom. The Bertz CT molecular complexity index is 434. The van der Waals surface area contributed by atoms with Gasteiger partial charge in [0.2, 0.25) is 5.89 Å². The predicted molar refractivity (Wildman–Crippen MR) is 105 cm³/mol. The maximum Gasteiger partial charge on any atom is 0.228 e. The molecule has 0 saturated heterocycles. The number of aryl methyl sites for hydroxylation is 1. The topological polar surface area (TPSA) is 75.3 Å². The normalized spacial score (nSPS) is 11.4. The number of unbranched alkanes of at least 4 members (excludes halogenated alkanes) is 3. The summed E-state index contributed by atoms with van der Waals surface area (Å²) in [6.07, 6.45) is 7.17. The maximum absolute atomic E-state index is 5.07. The van der Waals surface area contributed by atoms with Crippen LogP contribution in [-0.2, 0) is 6.42 Å². The number of aliphatic imine (C=N–C) groups is 1. The second-order valence-corrected chi connectivity index (χ2v) is 6.01. The summed E-state index contributed by atoms with van der Waals surface area (Å²) in [6, 6.07) is 0. The van der Waals surface area contributed by atoms with Crippen LogP contribution in [0.2, 0.25) is 0 Å². The molecule has 0 spiro atoms. The molecule has 0 aliphatic heterocycles. The number of hydrogen-bond donors (Lipinski definition) is 2. The van der Waals surface area contributed by atoms with Crippen LogP contribution in [0.3, 0.4) is 0 Å². The van der Waals surface area contributed by atoms with Crippen molar-refractivity contribution in [2.24, 2.45) is 10.9 Å². The molecule has 0 aromatic carbocycles. The van der Waals surface area contributed by atoms with E-state index in [2.05, 4.69) is 39.6 Å². The predicted octanol–water partition coefficient (Wildman–Crippen LogP) is 3.31. The molecule has 0 aliphatic carbocycles. The molecular formula is C16H32IN5O. The minimum absolute atomic E-state index is 0. The molecular weight excluding hydrogens is 405 g/mol. The fraction of sp³-hybridized carbons (Fsp3) is 0.812. The van der Waals surface area contributed by atoms with Gasteiger partial charge < -0.3 is 15.2 Å². The molecule has 0 atom stereocenters. The lowest BCUT2D eigenvalue weighted by Gasteiger charge is -2.11. The molecule has 7 heteroatoms. The Balaban J connectivity index is 0.00000484. The van der Waals surface area contributed by atoms with Crippen LogP contribution in [-0.4, -0.2) is 36.2 Å². The van der Waals surface area contributed by atoms with Crippen LogP contribution in [0.5, 0.6) is 0 Å². The number of hydrogen-bond acceptors (Lipinski definition) is 4. The lowest BCUT2D eigenvalue weighted by Crippen LogP contribution is -2.38. The Kier molecular flexibility index (Phi) is 13.1. The smallest absolute Gasteiger partial charge is 0.228 e. The van der Waals surface area contributed by atoms with Crippen LogP contribution in [0.4, 0.5) is 0 Å². The summed E-state index contributed by atoms with van der Waals surface area (Å²) in [5.74, 6) is 2.99. The first kappa shape index (κ1) is 22.1. The monoisotopic (exact) mass is 437 g/mol. The average molecular weight is 437 g/mol. The fourth-order valence-electron chi connectivity index (χ4n) is 2.19. The Morgan fingerprint density at radius 3 is 2.43 bits per heavy atom. The van der Waals surface area contributed by atoms with Crippen LogP contribution < -0.4 is 10.6 Å². The van der Waals surface area contributed by atoms with Crippen molar-refractivity contribution < 1.29 is 4.52 Å². The molecule has 1 heterocycles. The Labute approximate surface area is 157 Å². The lowest BCUT2D eigenvalue weighted by molar-refractivity contribution is 0.374. The third-order valence-corrected chi connectivity index (χ3v) is 3.43. The molecule has 0 aliphatic rings. The van der Waals surface area contributed by atoms with E-state index in [-0.39, 0.29) is 24.0 Å². The first-order valence-electron chi connectivity index (χ1n) is 8.35. The van der Waals surface area contributed by atoms with Crippen LogP contribution in [0, 0.1) is 12.8 Å². The molecule has 134 valence electrons. The number of nitrogens with zero attached hydrogens (tertiary/aromatic N) is 3. The van der Waals surface area contributed by atoms with Gasteiger partial charge in [0.05, 0.1) is 0 Å². The fourth-order valence-corrected chi connectivity index (χ4v) is 2.19. The summed E-state index contributed by atoms with van der Waals surface area (Å²) in [4.78, 5) is 8.38. The van der Waals surface area contributed by atoms with E-state index < -0.39 is 0 Å². The second-order valence-electron chi connectivity index (χ2n) is 6.01. The maximum atomic E-state index is 5.07. The van der Waals surface area contributed by atoms with E-state index in [1.54, 1.807) is 7.05 Å². The molecule has 1 aromatic rings. The van der Waals surface area contributed by atoms with E-state index in [9.17, 15) is 0 Å². The van der Waals surface area contributed by atoms with Crippen molar-refractivity contribution in [2.75, 3.05) is 20.1 Å². The first-order chi connectivity index (χ1) is 10.6. The third kappa shape index (κ3) is 11.3. The minimum Gasteiger partial charge on any atom is -0.356 e. The van der Waals surface area contributed by atoms with Crippen molar-refractivity contribution in [3.05, 3.63) is 11.7 Å². The molecule has 1 aromatic heterocycles. The number of halogens is 1. The quantitative estimate of drug-likeness (QED) is 0.254. The highest BCUT2D eigenvalue weighted by atomic mass is 127. The van der Waals surface area contributed by atoms with Crippen molar-refractivity contribution in [1.82, 2.24) is 20.8 Å². The molecule has 23 heavy (non-hydrogen) atoms. The van der Waals surface area contributed by atoms with Crippen molar-refractivity contribution >= 4 is 29.9 Å². The highest BCUT2D eigenvalue weighted by Crippen LogP contribution is 2.08. The highest BCUT2D eigenvalue weighted by Gasteiger charge is 2.03. The molecule has 0 amide bonds. The van der Waals surface area contributed by atoms with Gasteiger partial charge in [-0.15, -0.1) is 24.0 Å². The van der Waals surface area contributed by atoms with Crippen molar-refractivity contribution in [3.8, 4) is 0 Å². The van der Waals surface area contributed by atoms with E-state index in [0.717, 1.165) is 25.0 Å². The van der Waals surface area contributed by atoms with E-state index in [0.29, 0.717) is 18.1 Å². The van der Waals surface area contributed by atoms with Crippen molar-refractivity contribution in [3.63, 3.8) is 0 Å². The number of nitrogens with one attached hydrogen (secondary N) is 2. The Hall–Kier alpha value is -0.860. The van der Waals surface area contributed by atoms with E-state index in [4.69, 9.17) is 4.52 Å². The average Bonchev–Trinajstić information content (AvgIpc) is 2.89. The Morgan fingerprint density at radius 1 is 1.13 bits per heavy atom. The van der Waals surface area contributed by atoms with Gasteiger partial charge in [-0.3, -0.25) is 4.99 Å². The molecule has 0 fully saturated rings. The molecule has 0 radical (unpaired) electrons. The van der Waals surface area contributed by atoms with Gasteiger partial charge in [0.15, 0.2) is 11.8 Å². The van der Waals surface area contributed by atoms with E-state index >= 15 is 0 Å². The van der Waals surface area contributed by atoms with Gasteiger partial charge in [0, 0.05) is 26.6 Å². The molecule has 6 nitrogen and oxygen atoms in total. The zero-order chi connectivity index (χ0) is 16.2. The molecule has 0 bridgehead atoms. The molecule has 2 N–H and O–H groups in total. The third-order valence-electron chi connectivity index (χ3n) is 3.43. The zero-order valence-electron chi connectivity index (χ0n) is 14.9. The molecule has 0 saturated carbocycles. The van der Waals surface area contributed by atoms with Gasteiger partial charge in [-0.05, 0) is 19.3 Å². The van der Waals surface area contributed by atoms with Crippen LogP contribution in [0.25, 0.3) is 0 Å². The van der Waals surface area contributed by atoms with Crippen molar-refractivity contribution in [1.29, 1.82) is 0 Å². The molecule has 1 rings (SSSR count). The van der Waals surface area contributed by atoms with Crippen molar-refractivity contribution in [2.45, 2.75) is 59.3 Å². The summed E-state index contributed by atoms with van der Waals surface area (Å²) in [6.45, 7) is 8.08. The van der Waals surface area contributed by atoms with Gasteiger partial charge in [-0.2, -0.15) is 4.98 Å². The summed E-state index contributed by atoms with van der Waals surface area (Å²) in [5.41, 5.74) is 0. The zero-order valence-corrected chi connectivity index (χ0v) is 17.2. The highest BCUT2D eigenvalue weighted by molar-refractivity contribution is 14.0. The van der Waals surface area contributed by atoms with Gasteiger partial charge in [0.1, 0.15) is 0 Å². The van der Waals surface area contributed by atoms with Crippen LogP contribution in [0.15, 0.2) is 9.52 Å². The molecule has 0 unspecified atom stereocenters. The van der Waals surface area contributed by atoms with Crippen LogP contribution >= 0.6 is 24.0 Å². The van der Waals surface area contributed by atoms with Gasteiger partial charge >= 0.3 is 0 Å². The first-order valence-corrected chi connectivity index (χ1v) is 8.35. The van der Waals surface area contributed by atoms with Gasteiger partial charge in [-0.25, -0.2) is 0 Å². The standard InChI is InChI=1S/C16H31N5O.HI/c1-13(2)9-7-5-6-8-11-18-16(17-4)19-12-10-15-20-14(3)21-22-15;/h13H,5-12H2,1-4H3,(H2,17,18,19);1H. The summed E-state index contributed by atoms with van der Waals surface area (Å²) in [7, 11) is 1.79. The number of rotatable bonds is 10. The van der Waals surface area contributed by atoms with Gasteiger partial charge in [-0.1, -0.05) is 44.7 Å². The number of aromatic nitrogens is 2. The minimum atomic E-state index is 0. The summed E-state index contributed by atoms with van der Waals surface area (Å²) in [5, 5.41) is 10.4. The van der Waals surface area contributed by atoms with Gasteiger partial charge in [0.25, 0.3) is 0 Å². The van der Waals surface area contributed by atoms with E-state index in [1.807, 2.05) is 6.92 Å². The summed E-state index contributed by atoms with van der Waals surface area (Å²) >= 11 is 0. The number of guanidine groups is 1. The largest absolute Gasteiger partial charge is 0.356 e. The SMILES string of the molecule is CN=C(NCCCCCCC(C)C)NCCc1nc(C)no1.I. The van der Waals surface area contributed by atoms with Crippen LogP contribution in [0.1, 0.15) is 57.7 Å². The summed E-state index contributed by atoms with van der Waals surface area (Å²) < 4.78 is 5.07. The van der Waals surface area contributed by atoms with E-state index in [1.165, 1.54) is 32.1 Å². The second kappa shape index (κ2) is 13.6. The lowest BCUT2D eigenvalue weighted by atomic mass is 10.0.